The Morgan fingerprint density at radius 3 is 3.31 bits per heavy atom. The van der Waals surface area contributed by atoms with Gasteiger partial charge in [-0.2, -0.15) is 0 Å². The van der Waals surface area contributed by atoms with Crippen molar-refractivity contribution in [2.24, 2.45) is 5.73 Å². The van der Waals surface area contributed by atoms with Gasteiger partial charge in [0.25, 0.3) is 0 Å². The Balaban J connectivity index is 1.91. The van der Waals surface area contributed by atoms with Gasteiger partial charge in [-0.3, -0.25) is 0 Å². The first-order valence-electron chi connectivity index (χ1n) is 5.96. The van der Waals surface area contributed by atoms with E-state index in [1.807, 2.05) is 6.20 Å². The van der Waals surface area contributed by atoms with Gasteiger partial charge in [0.05, 0.1) is 6.61 Å². The normalized spacial score (nSPS) is 24.1. The van der Waals surface area contributed by atoms with E-state index >= 15 is 0 Å². The van der Waals surface area contributed by atoms with Gasteiger partial charge in [0.2, 0.25) is 5.88 Å². The fourth-order valence-corrected chi connectivity index (χ4v) is 2.60. The topological polar surface area (TPSA) is 51.4 Å². The molecule has 0 amide bonds. The molecule has 1 saturated heterocycles. The summed E-state index contributed by atoms with van der Waals surface area (Å²) in [6.45, 7) is 2.82. The number of hydrogen-bond acceptors (Lipinski definition) is 4. The highest BCUT2D eigenvalue weighted by atomic mass is 16.5. The van der Waals surface area contributed by atoms with E-state index in [2.05, 4.69) is 16.0 Å². The molecule has 4 heteroatoms. The van der Waals surface area contributed by atoms with E-state index < -0.39 is 0 Å². The van der Waals surface area contributed by atoms with Crippen LogP contribution in [0, 0.1) is 0 Å². The third-order valence-electron chi connectivity index (χ3n) is 3.38. The molecule has 3 rings (SSSR count). The SMILES string of the molecule is N[C@H]1CCCN(c2ccnc3c2CCO3)C1. The molecule has 1 aromatic rings. The molecule has 1 aromatic heterocycles. The Kier molecular flexibility index (Phi) is 2.44. The molecule has 0 unspecified atom stereocenters. The van der Waals surface area contributed by atoms with Crippen LogP contribution in [0.1, 0.15) is 18.4 Å². The molecule has 0 bridgehead atoms. The number of nitrogens with two attached hydrogens (primary N) is 1. The van der Waals surface area contributed by atoms with Crippen molar-refractivity contribution in [1.82, 2.24) is 4.98 Å². The van der Waals surface area contributed by atoms with Crippen LogP contribution in [0.5, 0.6) is 5.88 Å². The number of rotatable bonds is 1. The Morgan fingerprint density at radius 1 is 1.50 bits per heavy atom. The molecular formula is C12H17N3O. The van der Waals surface area contributed by atoms with Crippen LogP contribution in [-0.2, 0) is 6.42 Å². The smallest absolute Gasteiger partial charge is 0.218 e. The fourth-order valence-electron chi connectivity index (χ4n) is 2.60. The lowest BCUT2D eigenvalue weighted by Crippen LogP contribution is -2.43. The summed E-state index contributed by atoms with van der Waals surface area (Å²) in [5.74, 6) is 0.816. The first-order chi connectivity index (χ1) is 7.84. The van der Waals surface area contributed by atoms with Gasteiger partial charge in [0.1, 0.15) is 0 Å². The Labute approximate surface area is 95.4 Å². The summed E-state index contributed by atoms with van der Waals surface area (Å²) in [6, 6.07) is 2.39. The van der Waals surface area contributed by atoms with Gasteiger partial charge in [-0.15, -0.1) is 0 Å². The summed E-state index contributed by atoms with van der Waals surface area (Å²) in [4.78, 5) is 6.63. The first-order valence-corrected chi connectivity index (χ1v) is 5.96. The minimum absolute atomic E-state index is 0.305. The molecule has 2 aliphatic heterocycles. The van der Waals surface area contributed by atoms with Crippen molar-refractivity contribution in [3.63, 3.8) is 0 Å². The Bertz CT molecular complexity index is 394. The number of piperidine rings is 1. The van der Waals surface area contributed by atoms with Gasteiger partial charge >= 0.3 is 0 Å². The van der Waals surface area contributed by atoms with Gasteiger partial charge in [-0.25, -0.2) is 4.98 Å². The minimum Gasteiger partial charge on any atom is -0.477 e. The summed E-state index contributed by atoms with van der Waals surface area (Å²) in [6.07, 6.45) is 5.13. The number of fused-ring (bicyclic) bond motifs is 1. The zero-order chi connectivity index (χ0) is 11.0. The molecule has 4 nitrogen and oxygen atoms in total. The second-order valence-electron chi connectivity index (χ2n) is 4.56. The van der Waals surface area contributed by atoms with Crippen molar-refractivity contribution in [3.05, 3.63) is 17.8 Å². The van der Waals surface area contributed by atoms with E-state index in [-0.39, 0.29) is 0 Å². The summed E-state index contributed by atoms with van der Waals surface area (Å²) in [5, 5.41) is 0. The molecular weight excluding hydrogens is 202 g/mol. The van der Waals surface area contributed by atoms with E-state index in [0.29, 0.717) is 6.04 Å². The van der Waals surface area contributed by atoms with Gasteiger partial charge in [-0.1, -0.05) is 0 Å². The maximum Gasteiger partial charge on any atom is 0.218 e. The molecule has 16 heavy (non-hydrogen) atoms. The van der Waals surface area contributed by atoms with E-state index in [1.54, 1.807) is 0 Å². The van der Waals surface area contributed by atoms with Crippen LogP contribution >= 0.6 is 0 Å². The first kappa shape index (κ1) is 9.90. The van der Waals surface area contributed by atoms with Crippen molar-refractivity contribution < 1.29 is 4.74 Å². The van der Waals surface area contributed by atoms with Crippen LogP contribution in [0.25, 0.3) is 0 Å². The maximum atomic E-state index is 6.02. The average molecular weight is 219 g/mol. The monoisotopic (exact) mass is 219 g/mol. The number of anilines is 1. The molecule has 2 aliphatic rings. The van der Waals surface area contributed by atoms with Crippen LogP contribution in [-0.4, -0.2) is 30.7 Å². The molecule has 3 heterocycles. The van der Waals surface area contributed by atoms with Gasteiger partial charge in [-0.05, 0) is 18.9 Å². The molecule has 0 saturated carbocycles. The summed E-state index contributed by atoms with van der Waals surface area (Å²) >= 11 is 0. The molecule has 0 radical (unpaired) electrons. The Morgan fingerprint density at radius 2 is 2.44 bits per heavy atom. The number of pyridine rings is 1. The summed E-state index contributed by atoms with van der Waals surface area (Å²) in [5.41, 5.74) is 8.56. The highest BCUT2D eigenvalue weighted by Gasteiger charge is 2.23. The molecule has 0 aromatic carbocycles. The van der Waals surface area contributed by atoms with Gasteiger partial charge < -0.3 is 15.4 Å². The van der Waals surface area contributed by atoms with Crippen molar-refractivity contribution >= 4 is 5.69 Å². The molecule has 1 fully saturated rings. The van der Waals surface area contributed by atoms with E-state index in [0.717, 1.165) is 38.4 Å². The molecule has 0 spiro atoms. The van der Waals surface area contributed by atoms with Crippen LogP contribution < -0.4 is 15.4 Å². The second-order valence-corrected chi connectivity index (χ2v) is 4.56. The predicted octanol–water partition coefficient (Wildman–Crippen LogP) is 0.944. The van der Waals surface area contributed by atoms with Crippen molar-refractivity contribution in [3.8, 4) is 5.88 Å². The third-order valence-corrected chi connectivity index (χ3v) is 3.38. The van der Waals surface area contributed by atoms with E-state index in [1.165, 1.54) is 17.7 Å². The van der Waals surface area contributed by atoms with Gasteiger partial charge in [0.15, 0.2) is 0 Å². The largest absolute Gasteiger partial charge is 0.477 e. The van der Waals surface area contributed by atoms with Crippen molar-refractivity contribution in [2.75, 3.05) is 24.6 Å². The number of aromatic nitrogens is 1. The zero-order valence-corrected chi connectivity index (χ0v) is 9.35. The molecule has 86 valence electrons. The second kappa shape index (κ2) is 3.94. The Hall–Kier alpha value is -1.29. The molecule has 1 atom stereocenters. The lowest BCUT2D eigenvalue weighted by molar-refractivity contribution is 0.345. The van der Waals surface area contributed by atoms with Gasteiger partial charge in [0, 0.05) is 43.0 Å². The maximum absolute atomic E-state index is 6.02. The highest BCUT2D eigenvalue weighted by molar-refractivity contribution is 5.58. The van der Waals surface area contributed by atoms with Crippen molar-refractivity contribution in [2.45, 2.75) is 25.3 Å². The van der Waals surface area contributed by atoms with E-state index in [9.17, 15) is 0 Å². The van der Waals surface area contributed by atoms with Crippen LogP contribution in [0.15, 0.2) is 12.3 Å². The lowest BCUT2D eigenvalue weighted by Gasteiger charge is -2.33. The van der Waals surface area contributed by atoms with Crippen molar-refractivity contribution in [1.29, 1.82) is 0 Å². The standard InChI is InChI=1S/C12H17N3O/c13-9-2-1-6-15(8-9)11-3-5-14-12-10(11)4-7-16-12/h3,5,9H,1-2,4,6-8,13H2/t9-/m0/s1. The summed E-state index contributed by atoms with van der Waals surface area (Å²) in [7, 11) is 0. The zero-order valence-electron chi connectivity index (χ0n) is 9.35. The van der Waals surface area contributed by atoms with Crippen LogP contribution in [0.2, 0.25) is 0 Å². The highest BCUT2D eigenvalue weighted by Crippen LogP contribution is 2.32. The molecule has 0 aliphatic carbocycles. The number of nitrogens with zero attached hydrogens (tertiary/aromatic N) is 2. The number of hydrogen-bond donors (Lipinski definition) is 1. The molecule has 2 N–H and O–H groups in total. The minimum atomic E-state index is 0.305. The lowest BCUT2D eigenvalue weighted by atomic mass is 10.0. The fraction of sp³-hybridized carbons (Fsp3) is 0.583. The number of ether oxygens (including phenoxy) is 1. The summed E-state index contributed by atoms with van der Waals surface area (Å²) < 4.78 is 5.49. The predicted molar refractivity (Wildman–Crippen MR) is 62.9 cm³/mol. The van der Waals surface area contributed by atoms with Crippen LogP contribution in [0.4, 0.5) is 5.69 Å². The van der Waals surface area contributed by atoms with Crippen LogP contribution in [0.3, 0.4) is 0 Å². The van der Waals surface area contributed by atoms with E-state index in [4.69, 9.17) is 10.5 Å². The third kappa shape index (κ3) is 1.63. The quantitative estimate of drug-likeness (QED) is 0.764. The average Bonchev–Trinajstić information content (AvgIpc) is 2.76.